The molecule has 0 saturated carbocycles. The highest BCUT2D eigenvalue weighted by Gasteiger charge is 2.11. The Morgan fingerprint density at radius 2 is 1.25 bits per heavy atom. The van der Waals surface area contributed by atoms with Crippen molar-refractivity contribution in [2.24, 2.45) is 0 Å². The van der Waals surface area contributed by atoms with Gasteiger partial charge in [-0.25, -0.2) is 0 Å². The summed E-state index contributed by atoms with van der Waals surface area (Å²) in [4.78, 5) is 0. The molecule has 182 valence electrons. The van der Waals surface area contributed by atoms with Crippen LogP contribution in [0.5, 0.6) is 11.5 Å². The van der Waals surface area contributed by atoms with Gasteiger partial charge in [0.05, 0.1) is 12.2 Å². The molecule has 0 bridgehead atoms. The number of phenolic OH excluding ortho intramolecular Hbond substituents is 1. The number of ether oxygens (including phenoxy) is 1. The van der Waals surface area contributed by atoms with Crippen LogP contribution in [0.3, 0.4) is 0 Å². The van der Waals surface area contributed by atoms with E-state index in [1.165, 1.54) is 108 Å². The summed E-state index contributed by atoms with van der Waals surface area (Å²) in [6.07, 6.45) is 23.5. The Balaban J connectivity index is 1.91. The van der Waals surface area contributed by atoms with Crippen LogP contribution in [-0.2, 0) is 0 Å². The minimum atomic E-state index is -0.265. The molecule has 0 amide bonds. The molecule has 0 fully saturated rings. The molecular formula is C28H47NO3. The van der Waals surface area contributed by atoms with E-state index in [4.69, 9.17) is 10.00 Å². The Kier molecular flexibility index (Phi) is 17.6. The highest BCUT2D eigenvalue weighted by atomic mass is 16.5. The fraction of sp³-hybridized carbons (Fsp3) is 0.750. The van der Waals surface area contributed by atoms with Crippen molar-refractivity contribution >= 4 is 0 Å². The molecule has 1 rings (SSSR count). The average Bonchev–Trinajstić information content (AvgIpc) is 2.80. The maximum atomic E-state index is 9.74. The molecule has 0 radical (unpaired) electrons. The Bertz CT molecular complexity index is 611. The largest absolute Gasteiger partial charge is 0.506 e. The second kappa shape index (κ2) is 19.9. The summed E-state index contributed by atoms with van der Waals surface area (Å²) in [6.45, 7) is 2.24. The number of hydrogen-bond acceptors (Lipinski definition) is 4. The van der Waals surface area contributed by atoms with Gasteiger partial charge in [-0.3, -0.25) is 0 Å². The van der Waals surface area contributed by atoms with Crippen LogP contribution in [0.15, 0.2) is 18.2 Å². The van der Waals surface area contributed by atoms with Gasteiger partial charge >= 0.3 is 0 Å². The molecule has 2 N–H and O–H groups in total. The monoisotopic (exact) mass is 445 g/mol. The molecule has 0 aliphatic heterocycles. The molecule has 1 aromatic carbocycles. The lowest BCUT2D eigenvalue weighted by Gasteiger charge is -2.17. The van der Waals surface area contributed by atoms with Crippen LogP contribution < -0.4 is 4.74 Å². The van der Waals surface area contributed by atoms with Gasteiger partial charge < -0.3 is 14.9 Å². The van der Waals surface area contributed by atoms with E-state index in [2.05, 4.69) is 6.92 Å². The van der Waals surface area contributed by atoms with Gasteiger partial charge in [0.25, 0.3) is 0 Å². The summed E-state index contributed by atoms with van der Waals surface area (Å²) in [5.74, 6) is 0.409. The van der Waals surface area contributed by atoms with Crippen LogP contribution in [0.1, 0.15) is 128 Å². The number of nitriles is 1. The van der Waals surface area contributed by atoms with Crippen LogP contribution in [0.2, 0.25) is 0 Å². The van der Waals surface area contributed by atoms with E-state index in [1.54, 1.807) is 6.07 Å². The number of benzene rings is 1. The van der Waals surface area contributed by atoms with Crippen molar-refractivity contribution in [3.05, 3.63) is 23.8 Å². The predicted octanol–water partition coefficient (Wildman–Crippen LogP) is 8.05. The summed E-state index contributed by atoms with van der Waals surface area (Å²) in [6, 6.07) is 6.56. The molecule has 0 heterocycles. The summed E-state index contributed by atoms with van der Waals surface area (Å²) in [5.41, 5.74) is 0.228. The molecule has 32 heavy (non-hydrogen) atoms. The summed E-state index contributed by atoms with van der Waals surface area (Å²) >= 11 is 0. The zero-order valence-corrected chi connectivity index (χ0v) is 20.5. The van der Waals surface area contributed by atoms with E-state index < -0.39 is 0 Å². The van der Waals surface area contributed by atoms with Crippen molar-refractivity contribution in [3.63, 3.8) is 0 Å². The molecule has 0 saturated heterocycles. The maximum Gasteiger partial charge on any atom is 0.137 e. The molecule has 4 nitrogen and oxygen atoms in total. The number of aliphatic hydroxyl groups is 1. The minimum Gasteiger partial charge on any atom is -0.506 e. The van der Waals surface area contributed by atoms with E-state index in [-0.39, 0.29) is 24.0 Å². The summed E-state index contributed by atoms with van der Waals surface area (Å²) < 4.78 is 5.75. The fourth-order valence-corrected chi connectivity index (χ4v) is 4.16. The van der Waals surface area contributed by atoms with E-state index in [0.717, 1.165) is 19.3 Å². The molecular weight excluding hydrogens is 398 g/mol. The Hall–Kier alpha value is -1.73. The number of aliphatic hydroxyl groups excluding tert-OH is 1. The van der Waals surface area contributed by atoms with Gasteiger partial charge in [0.15, 0.2) is 0 Å². The smallest absolute Gasteiger partial charge is 0.137 e. The van der Waals surface area contributed by atoms with E-state index in [9.17, 15) is 10.2 Å². The Labute approximate surface area is 197 Å². The van der Waals surface area contributed by atoms with Crippen molar-refractivity contribution in [1.82, 2.24) is 0 Å². The van der Waals surface area contributed by atoms with Gasteiger partial charge in [0.2, 0.25) is 0 Å². The van der Waals surface area contributed by atoms with Crippen LogP contribution in [0.25, 0.3) is 0 Å². The Morgan fingerprint density at radius 3 is 1.66 bits per heavy atom. The van der Waals surface area contributed by atoms with E-state index >= 15 is 0 Å². The molecule has 4 heteroatoms. The predicted molar refractivity (Wildman–Crippen MR) is 133 cm³/mol. The van der Waals surface area contributed by atoms with E-state index in [0.29, 0.717) is 5.75 Å². The normalized spacial score (nSPS) is 11.9. The molecule has 0 aliphatic carbocycles. The third-order valence-electron chi connectivity index (χ3n) is 6.23. The number of nitrogens with zero attached hydrogens (tertiary/aromatic N) is 1. The van der Waals surface area contributed by atoms with Crippen molar-refractivity contribution in [2.45, 2.75) is 129 Å². The van der Waals surface area contributed by atoms with E-state index in [1.807, 2.05) is 6.07 Å². The van der Waals surface area contributed by atoms with Gasteiger partial charge in [0.1, 0.15) is 23.7 Å². The third-order valence-corrected chi connectivity index (χ3v) is 6.23. The van der Waals surface area contributed by atoms with Gasteiger partial charge in [-0.2, -0.15) is 5.26 Å². The standard InChI is InChI=1S/C28H47NO3/c1-2-3-4-5-6-7-8-9-10-11-12-13-14-15-16-17-18-19-27(24-30)32-26-21-20-25(23-29)28(31)22-26/h20-22,27,30-31H,2-19,24H2,1H3/t27-/m1/s1. The number of aromatic hydroxyl groups is 1. The molecule has 0 unspecified atom stereocenters. The molecule has 1 atom stereocenters. The van der Waals surface area contributed by atoms with Crippen LogP contribution in [0, 0.1) is 11.3 Å². The zero-order valence-electron chi connectivity index (χ0n) is 20.5. The maximum absolute atomic E-state index is 9.74. The molecule has 1 aromatic rings. The first-order valence-electron chi connectivity index (χ1n) is 13.2. The minimum absolute atomic E-state index is 0.0420. The van der Waals surface area contributed by atoms with Gasteiger partial charge in [-0.15, -0.1) is 0 Å². The van der Waals surface area contributed by atoms with Gasteiger partial charge in [0, 0.05) is 6.07 Å². The van der Waals surface area contributed by atoms with Crippen molar-refractivity contribution in [1.29, 1.82) is 5.26 Å². The molecule has 0 spiro atoms. The molecule has 0 aliphatic rings. The van der Waals surface area contributed by atoms with Crippen LogP contribution in [0.4, 0.5) is 0 Å². The molecule has 0 aromatic heterocycles. The van der Waals surface area contributed by atoms with Crippen LogP contribution in [-0.4, -0.2) is 22.9 Å². The quantitative estimate of drug-likeness (QED) is 0.188. The number of rotatable bonds is 21. The fourth-order valence-electron chi connectivity index (χ4n) is 4.16. The summed E-state index contributed by atoms with van der Waals surface area (Å²) in [7, 11) is 0. The topological polar surface area (TPSA) is 73.5 Å². The van der Waals surface area contributed by atoms with Gasteiger partial charge in [-0.1, -0.05) is 110 Å². The Morgan fingerprint density at radius 1 is 0.781 bits per heavy atom. The second-order valence-electron chi connectivity index (χ2n) is 9.16. The van der Waals surface area contributed by atoms with Crippen molar-refractivity contribution in [3.8, 4) is 17.6 Å². The zero-order chi connectivity index (χ0) is 23.3. The lowest BCUT2D eigenvalue weighted by Crippen LogP contribution is -2.21. The van der Waals surface area contributed by atoms with Gasteiger partial charge in [-0.05, 0) is 25.0 Å². The number of hydrogen-bond donors (Lipinski definition) is 2. The SMILES string of the molecule is CCCCCCCCCCCCCCCCCCC[C@H](CO)Oc1ccc(C#N)c(O)c1. The lowest BCUT2D eigenvalue weighted by atomic mass is 10.0. The van der Waals surface area contributed by atoms with Crippen molar-refractivity contribution in [2.75, 3.05) is 6.61 Å². The van der Waals surface area contributed by atoms with Crippen molar-refractivity contribution < 1.29 is 14.9 Å². The number of unbranched alkanes of at least 4 members (excludes halogenated alkanes) is 16. The average molecular weight is 446 g/mol. The lowest BCUT2D eigenvalue weighted by molar-refractivity contribution is 0.106. The highest BCUT2D eigenvalue weighted by molar-refractivity contribution is 5.46. The summed E-state index contributed by atoms with van der Waals surface area (Å²) in [5, 5.41) is 28.2. The first kappa shape index (κ1) is 28.3. The second-order valence-corrected chi connectivity index (χ2v) is 9.16. The van der Waals surface area contributed by atoms with Crippen LogP contribution >= 0.6 is 0 Å². The first-order valence-corrected chi connectivity index (χ1v) is 13.2. The highest BCUT2D eigenvalue weighted by Crippen LogP contribution is 2.24. The first-order chi connectivity index (χ1) is 15.7. The number of phenols is 1. The third kappa shape index (κ3) is 14.4.